The first kappa shape index (κ1) is 20.9. The van der Waals surface area contributed by atoms with Gasteiger partial charge in [0.2, 0.25) is 11.8 Å². The molecule has 0 bridgehead atoms. The van der Waals surface area contributed by atoms with Gasteiger partial charge in [-0.05, 0) is 61.6 Å². The van der Waals surface area contributed by atoms with Gasteiger partial charge in [0.1, 0.15) is 0 Å². The van der Waals surface area contributed by atoms with Crippen molar-refractivity contribution in [1.82, 2.24) is 0 Å². The maximum absolute atomic E-state index is 12.3. The number of hydrogen-bond donors (Lipinski definition) is 1. The SMILES string of the molecule is CC1CCN(c2ccc(NC(=O)CCCC(=O)N(C)c3ccccc3)cc2)CC1. The fraction of sp³-hybridized carbons (Fsp3) is 0.417. The lowest BCUT2D eigenvalue weighted by Crippen LogP contribution is -2.32. The van der Waals surface area contributed by atoms with E-state index in [1.54, 1.807) is 11.9 Å². The van der Waals surface area contributed by atoms with Crippen LogP contribution >= 0.6 is 0 Å². The molecule has 0 aliphatic carbocycles. The van der Waals surface area contributed by atoms with Crippen LogP contribution in [0.4, 0.5) is 17.1 Å². The highest BCUT2D eigenvalue weighted by Crippen LogP contribution is 2.24. The second-order valence-corrected chi connectivity index (χ2v) is 7.91. The zero-order valence-corrected chi connectivity index (χ0v) is 17.4. The molecule has 0 spiro atoms. The molecule has 154 valence electrons. The van der Waals surface area contributed by atoms with Gasteiger partial charge in [-0.15, -0.1) is 0 Å². The van der Waals surface area contributed by atoms with Crippen molar-refractivity contribution in [3.05, 3.63) is 54.6 Å². The molecule has 2 aromatic carbocycles. The standard InChI is InChI=1S/C24H31N3O2/c1-19-15-17-27(18-16-19)22-13-11-20(12-14-22)25-23(28)9-6-10-24(29)26(2)21-7-4-3-5-8-21/h3-5,7-8,11-14,19H,6,9-10,15-18H2,1-2H3,(H,25,28). The molecular formula is C24H31N3O2. The van der Waals surface area contributed by atoms with Crippen molar-refractivity contribution in [2.24, 2.45) is 5.92 Å². The van der Waals surface area contributed by atoms with E-state index in [-0.39, 0.29) is 11.8 Å². The molecule has 2 amide bonds. The van der Waals surface area contributed by atoms with Gasteiger partial charge in [-0.2, -0.15) is 0 Å². The second kappa shape index (κ2) is 10.1. The molecule has 3 rings (SSSR count). The van der Waals surface area contributed by atoms with E-state index in [0.717, 1.165) is 30.4 Å². The van der Waals surface area contributed by atoms with E-state index >= 15 is 0 Å². The molecule has 1 fully saturated rings. The monoisotopic (exact) mass is 393 g/mol. The van der Waals surface area contributed by atoms with Crippen molar-refractivity contribution in [3.8, 4) is 0 Å². The Kier molecular flexibility index (Phi) is 7.28. The van der Waals surface area contributed by atoms with Crippen LogP contribution < -0.4 is 15.1 Å². The molecule has 1 aliphatic rings. The highest BCUT2D eigenvalue weighted by Gasteiger charge is 2.16. The Morgan fingerprint density at radius 3 is 2.31 bits per heavy atom. The summed E-state index contributed by atoms with van der Waals surface area (Å²) in [7, 11) is 1.77. The minimum atomic E-state index is -0.0558. The van der Waals surface area contributed by atoms with Gasteiger partial charge in [0.05, 0.1) is 0 Å². The number of anilines is 3. The predicted octanol–water partition coefficient (Wildman–Crippen LogP) is 4.69. The summed E-state index contributed by atoms with van der Waals surface area (Å²) in [5.74, 6) is 0.771. The molecule has 0 saturated carbocycles. The van der Waals surface area contributed by atoms with Crippen molar-refractivity contribution in [3.63, 3.8) is 0 Å². The van der Waals surface area contributed by atoms with E-state index < -0.39 is 0 Å². The third-order valence-corrected chi connectivity index (χ3v) is 5.61. The summed E-state index contributed by atoms with van der Waals surface area (Å²) >= 11 is 0. The molecule has 1 N–H and O–H groups in total. The Balaban J connectivity index is 1.41. The van der Waals surface area contributed by atoms with E-state index in [1.165, 1.54) is 18.5 Å². The van der Waals surface area contributed by atoms with Crippen molar-refractivity contribution in [2.45, 2.75) is 39.0 Å². The summed E-state index contributed by atoms with van der Waals surface area (Å²) in [5.41, 5.74) is 2.88. The molecule has 2 aromatic rings. The third-order valence-electron chi connectivity index (χ3n) is 5.61. The average molecular weight is 394 g/mol. The number of hydrogen-bond acceptors (Lipinski definition) is 3. The molecule has 1 saturated heterocycles. The van der Waals surface area contributed by atoms with Crippen LogP contribution in [-0.2, 0) is 9.59 Å². The zero-order chi connectivity index (χ0) is 20.6. The summed E-state index contributed by atoms with van der Waals surface area (Å²) in [6.45, 7) is 4.50. The van der Waals surface area contributed by atoms with E-state index in [2.05, 4.69) is 29.3 Å². The van der Waals surface area contributed by atoms with Crippen LogP contribution in [0.25, 0.3) is 0 Å². The lowest BCUT2D eigenvalue weighted by atomic mass is 9.99. The van der Waals surface area contributed by atoms with Gasteiger partial charge in [-0.1, -0.05) is 25.1 Å². The lowest BCUT2D eigenvalue weighted by Gasteiger charge is -2.32. The fourth-order valence-corrected chi connectivity index (χ4v) is 3.61. The molecule has 0 unspecified atom stereocenters. The normalized spacial score (nSPS) is 14.5. The van der Waals surface area contributed by atoms with Crippen LogP contribution in [0, 0.1) is 5.92 Å². The number of para-hydroxylation sites is 1. The minimum absolute atomic E-state index is 0.0178. The number of nitrogens with zero attached hydrogens (tertiary/aromatic N) is 2. The number of carbonyl (C=O) groups is 2. The Labute approximate surface area is 173 Å². The third kappa shape index (κ3) is 6.08. The van der Waals surface area contributed by atoms with Gasteiger partial charge in [0, 0.05) is 50.0 Å². The van der Waals surface area contributed by atoms with Crippen molar-refractivity contribution < 1.29 is 9.59 Å². The first-order valence-corrected chi connectivity index (χ1v) is 10.5. The van der Waals surface area contributed by atoms with Crippen LogP contribution in [0.2, 0.25) is 0 Å². The Morgan fingerprint density at radius 1 is 1.00 bits per heavy atom. The van der Waals surface area contributed by atoms with Crippen LogP contribution in [0.5, 0.6) is 0 Å². The molecule has 5 nitrogen and oxygen atoms in total. The van der Waals surface area contributed by atoms with Gasteiger partial charge in [-0.3, -0.25) is 9.59 Å². The molecular weight excluding hydrogens is 362 g/mol. The van der Waals surface area contributed by atoms with E-state index in [4.69, 9.17) is 0 Å². The lowest BCUT2D eigenvalue weighted by molar-refractivity contribution is -0.118. The molecule has 1 aliphatic heterocycles. The van der Waals surface area contributed by atoms with Crippen molar-refractivity contribution in [2.75, 3.05) is 35.3 Å². The van der Waals surface area contributed by atoms with Crippen LogP contribution in [0.1, 0.15) is 39.0 Å². The van der Waals surface area contributed by atoms with Crippen molar-refractivity contribution in [1.29, 1.82) is 0 Å². The van der Waals surface area contributed by atoms with Gasteiger partial charge in [0.25, 0.3) is 0 Å². The summed E-state index contributed by atoms with van der Waals surface area (Å²) in [4.78, 5) is 28.5. The summed E-state index contributed by atoms with van der Waals surface area (Å²) in [6, 6.07) is 17.6. The Bertz CT molecular complexity index is 797. The van der Waals surface area contributed by atoms with Crippen molar-refractivity contribution >= 4 is 28.9 Å². The van der Waals surface area contributed by atoms with Gasteiger partial charge >= 0.3 is 0 Å². The topological polar surface area (TPSA) is 52.7 Å². The summed E-state index contributed by atoms with van der Waals surface area (Å²) < 4.78 is 0. The maximum atomic E-state index is 12.3. The fourth-order valence-electron chi connectivity index (χ4n) is 3.61. The highest BCUT2D eigenvalue weighted by molar-refractivity contribution is 5.94. The Hall–Kier alpha value is -2.82. The molecule has 0 aromatic heterocycles. The molecule has 29 heavy (non-hydrogen) atoms. The minimum Gasteiger partial charge on any atom is -0.372 e. The van der Waals surface area contributed by atoms with Gasteiger partial charge in [-0.25, -0.2) is 0 Å². The van der Waals surface area contributed by atoms with Crippen LogP contribution in [0.15, 0.2) is 54.6 Å². The highest BCUT2D eigenvalue weighted by atomic mass is 16.2. The molecule has 1 heterocycles. The van der Waals surface area contributed by atoms with Crippen LogP contribution in [0.3, 0.4) is 0 Å². The quantitative estimate of drug-likeness (QED) is 0.742. The number of piperidine rings is 1. The van der Waals surface area contributed by atoms with Gasteiger partial charge < -0.3 is 15.1 Å². The molecule has 5 heteroatoms. The smallest absolute Gasteiger partial charge is 0.226 e. The maximum Gasteiger partial charge on any atom is 0.226 e. The molecule has 0 atom stereocenters. The molecule has 0 radical (unpaired) electrons. The largest absolute Gasteiger partial charge is 0.372 e. The summed E-state index contributed by atoms with van der Waals surface area (Å²) in [6.07, 6.45) is 3.69. The first-order valence-electron chi connectivity index (χ1n) is 10.5. The zero-order valence-electron chi connectivity index (χ0n) is 17.4. The number of carbonyl (C=O) groups excluding carboxylic acids is 2. The number of nitrogens with one attached hydrogen (secondary N) is 1. The number of benzene rings is 2. The second-order valence-electron chi connectivity index (χ2n) is 7.91. The van der Waals surface area contributed by atoms with Gasteiger partial charge in [0.15, 0.2) is 0 Å². The average Bonchev–Trinajstić information content (AvgIpc) is 2.75. The van der Waals surface area contributed by atoms with E-state index in [0.29, 0.717) is 19.3 Å². The van der Waals surface area contributed by atoms with E-state index in [1.807, 2.05) is 42.5 Å². The van der Waals surface area contributed by atoms with E-state index in [9.17, 15) is 9.59 Å². The number of rotatable bonds is 7. The number of amides is 2. The van der Waals surface area contributed by atoms with Crippen LogP contribution in [-0.4, -0.2) is 32.0 Å². The summed E-state index contributed by atoms with van der Waals surface area (Å²) in [5, 5.41) is 2.93. The predicted molar refractivity (Wildman–Crippen MR) is 119 cm³/mol. The first-order chi connectivity index (χ1) is 14.0. The Morgan fingerprint density at radius 2 is 1.66 bits per heavy atom.